The maximum Gasteiger partial charge on any atom is 0.271 e. The van der Waals surface area contributed by atoms with Crippen molar-refractivity contribution in [2.45, 2.75) is 24.5 Å². The third-order valence-electron chi connectivity index (χ3n) is 3.23. The lowest BCUT2D eigenvalue weighted by Crippen LogP contribution is -2.34. The number of aliphatic hydroxyl groups excluding tert-OH is 2. The Morgan fingerprint density at radius 3 is 2.75 bits per heavy atom. The van der Waals surface area contributed by atoms with E-state index in [0.29, 0.717) is 0 Å². The lowest BCUT2D eigenvalue weighted by atomic mass is 10.1. The molecule has 0 saturated carbocycles. The molecule has 0 aromatic carbocycles. The number of amides is 2. The zero-order chi connectivity index (χ0) is 18.1. The number of primary amides is 1. The summed E-state index contributed by atoms with van der Waals surface area (Å²) in [6.07, 6.45) is -4.67. The summed E-state index contributed by atoms with van der Waals surface area (Å²) in [6.45, 7) is -0.827. The number of aliphatic hydroxyl groups is 2. The van der Waals surface area contributed by atoms with Crippen LogP contribution in [0.4, 0.5) is 5.82 Å². The lowest BCUT2D eigenvalue weighted by Gasteiger charge is -2.30. The lowest BCUT2D eigenvalue weighted by molar-refractivity contribution is -0.343. The van der Waals surface area contributed by atoms with Crippen molar-refractivity contribution >= 4 is 26.0 Å². The van der Waals surface area contributed by atoms with Gasteiger partial charge in [-0.15, -0.1) is 0 Å². The number of nitrogens with one attached hydrogen (secondary N) is 1. The third kappa shape index (κ3) is 3.79. The molecule has 2 heterocycles. The van der Waals surface area contributed by atoms with Crippen LogP contribution in [0.3, 0.4) is 0 Å². The Kier molecular flexibility index (Phi) is 5.35. The first kappa shape index (κ1) is 18.5. The SMILES string of the molecule is NC(=O)c1ncn([C@@H]2O[C@H](COP(=O)([O-])[O-])[C@@H](O)[C@H]2O)c1NC=O. The summed E-state index contributed by atoms with van der Waals surface area (Å²) in [7, 11) is -5.30. The number of nitrogens with two attached hydrogens (primary N) is 1. The quantitative estimate of drug-likeness (QED) is 0.272. The van der Waals surface area contributed by atoms with E-state index in [0.717, 1.165) is 10.9 Å². The molecule has 1 saturated heterocycles. The zero-order valence-corrected chi connectivity index (χ0v) is 12.7. The van der Waals surface area contributed by atoms with Gasteiger partial charge in [-0.3, -0.25) is 14.2 Å². The normalized spacial score (nSPS) is 27.2. The summed E-state index contributed by atoms with van der Waals surface area (Å²) in [5.74, 6) is -1.17. The maximum absolute atomic E-state index is 11.3. The van der Waals surface area contributed by atoms with Gasteiger partial charge in [0.05, 0.1) is 20.8 Å². The van der Waals surface area contributed by atoms with E-state index >= 15 is 0 Å². The summed E-state index contributed by atoms with van der Waals surface area (Å²) < 4.78 is 20.7. The molecule has 0 unspecified atom stereocenters. The molecule has 24 heavy (non-hydrogen) atoms. The molecule has 1 aliphatic rings. The van der Waals surface area contributed by atoms with Gasteiger partial charge in [0.25, 0.3) is 5.91 Å². The largest absolute Gasteiger partial charge is 0.790 e. The first-order chi connectivity index (χ1) is 11.2. The Balaban J connectivity index is 2.25. The molecule has 0 spiro atoms. The molecule has 1 aromatic heterocycles. The van der Waals surface area contributed by atoms with Crippen LogP contribution in [0.1, 0.15) is 16.7 Å². The summed E-state index contributed by atoms with van der Waals surface area (Å²) in [5.41, 5.74) is 4.77. The van der Waals surface area contributed by atoms with E-state index in [-0.39, 0.29) is 17.9 Å². The van der Waals surface area contributed by atoms with Gasteiger partial charge < -0.3 is 44.9 Å². The van der Waals surface area contributed by atoms with E-state index in [2.05, 4.69) is 14.8 Å². The molecule has 13 nitrogen and oxygen atoms in total. The standard InChI is InChI=1S/C10H15N4O9P/c11-8(18)5-9(13-3-15)14(2-12-5)10-7(17)6(16)4(23-10)1-22-24(19,20)21/h2-4,6-7,10,16-17H,1H2,(H2,11,18)(H,13,15)(H2,19,20,21)/p-2/t4-,6-,7-,10-/m1/s1. The molecule has 5 N–H and O–H groups in total. The first-order valence-electron chi connectivity index (χ1n) is 6.40. The molecule has 1 aromatic rings. The Labute approximate surface area is 134 Å². The number of rotatable bonds is 7. The summed E-state index contributed by atoms with van der Waals surface area (Å²) in [5, 5.41) is 22.0. The predicted octanol–water partition coefficient (Wildman–Crippen LogP) is -3.99. The fourth-order valence-electron chi connectivity index (χ4n) is 2.19. The van der Waals surface area contributed by atoms with E-state index in [1.165, 1.54) is 0 Å². The fraction of sp³-hybridized carbons (Fsp3) is 0.500. The van der Waals surface area contributed by atoms with Crippen molar-refractivity contribution in [1.29, 1.82) is 0 Å². The van der Waals surface area contributed by atoms with Gasteiger partial charge in [0.1, 0.15) is 24.1 Å². The number of imidazole rings is 1. The third-order valence-corrected chi connectivity index (χ3v) is 3.70. The number of carbonyl (C=O) groups is 2. The molecule has 0 aliphatic carbocycles. The molecule has 2 rings (SSSR count). The number of aromatic nitrogens is 2. The Morgan fingerprint density at radius 2 is 2.21 bits per heavy atom. The molecule has 1 aliphatic heterocycles. The highest BCUT2D eigenvalue weighted by Gasteiger charge is 2.45. The molecule has 134 valence electrons. The smallest absolute Gasteiger partial charge is 0.271 e. The van der Waals surface area contributed by atoms with Crippen LogP contribution in [0.15, 0.2) is 6.33 Å². The van der Waals surface area contributed by atoms with E-state index in [1.54, 1.807) is 0 Å². The van der Waals surface area contributed by atoms with Crippen LogP contribution < -0.4 is 20.8 Å². The second-order valence-electron chi connectivity index (χ2n) is 4.76. The van der Waals surface area contributed by atoms with Crippen LogP contribution in [-0.2, 0) is 18.6 Å². The summed E-state index contributed by atoms with van der Waals surface area (Å²) in [4.78, 5) is 46.6. The Bertz CT molecular complexity index is 673. The van der Waals surface area contributed by atoms with Gasteiger partial charge in [0, 0.05) is 0 Å². The van der Waals surface area contributed by atoms with Crippen molar-refractivity contribution < 1.29 is 43.4 Å². The minimum atomic E-state index is -5.30. The molecule has 0 bridgehead atoms. The summed E-state index contributed by atoms with van der Waals surface area (Å²) >= 11 is 0. The second kappa shape index (κ2) is 6.94. The van der Waals surface area contributed by atoms with Gasteiger partial charge in [0.2, 0.25) is 6.41 Å². The average molecular weight is 364 g/mol. The van der Waals surface area contributed by atoms with E-state index in [4.69, 9.17) is 10.5 Å². The van der Waals surface area contributed by atoms with Crippen molar-refractivity contribution in [1.82, 2.24) is 9.55 Å². The van der Waals surface area contributed by atoms with Crippen LogP contribution in [0.25, 0.3) is 0 Å². The molecule has 4 atom stereocenters. The average Bonchev–Trinajstić information content (AvgIpc) is 3.00. The van der Waals surface area contributed by atoms with E-state index < -0.39 is 44.9 Å². The van der Waals surface area contributed by atoms with Gasteiger partial charge in [0.15, 0.2) is 11.9 Å². The highest BCUT2D eigenvalue weighted by molar-refractivity contribution is 7.43. The minimum absolute atomic E-state index is 0.200. The fourth-order valence-corrected chi connectivity index (χ4v) is 2.52. The van der Waals surface area contributed by atoms with Crippen LogP contribution in [0.5, 0.6) is 0 Å². The number of carbonyl (C=O) groups excluding carboxylic acids is 2. The van der Waals surface area contributed by atoms with Crippen LogP contribution in [0, 0.1) is 0 Å². The van der Waals surface area contributed by atoms with Gasteiger partial charge in [-0.2, -0.15) is 0 Å². The second-order valence-corrected chi connectivity index (χ2v) is 5.92. The molecular weight excluding hydrogens is 351 g/mol. The Morgan fingerprint density at radius 1 is 1.54 bits per heavy atom. The molecule has 14 heteroatoms. The number of nitrogens with zero attached hydrogens (tertiary/aromatic N) is 2. The van der Waals surface area contributed by atoms with Crippen molar-refractivity contribution in [3.05, 3.63) is 12.0 Å². The molecule has 2 amide bonds. The van der Waals surface area contributed by atoms with Crippen LogP contribution >= 0.6 is 7.82 Å². The number of anilines is 1. The highest BCUT2D eigenvalue weighted by Crippen LogP contribution is 2.35. The Hall–Kier alpha value is -1.86. The topological polar surface area (TPSA) is 212 Å². The molecule has 1 fully saturated rings. The van der Waals surface area contributed by atoms with Crippen molar-refractivity contribution in [2.24, 2.45) is 5.73 Å². The van der Waals surface area contributed by atoms with Gasteiger partial charge in [-0.25, -0.2) is 4.98 Å². The number of hydrogen-bond donors (Lipinski definition) is 4. The van der Waals surface area contributed by atoms with Gasteiger partial charge in [-0.1, -0.05) is 0 Å². The van der Waals surface area contributed by atoms with Crippen LogP contribution in [0.2, 0.25) is 0 Å². The molecular formula is C10H13N4O9P-2. The monoisotopic (exact) mass is 364 g/mol. The number of ether oxygens (including phenoxy) is 1. The van der Waals surface area contributed by atoms with E-state index in [1.807, 2.05) is 0 Å². The van der Waals surface area contributed by atoms with Crippen LogP contribution in [-0.4, -0.2) is 57.0 Å². The first-order valence-corrected chi connectivity index (χ1v) is 7.86. The number of hydrogen-bond acceptors (Lipinski definition) is 10. The van der Waals surface area contributed by atoms with Crippen molar-refractivity contribution in [3.8, 4) is 0 Å². The number of phosphoric acid groups is 1. The van der Waals surface area contributed by atoms with Gasteiger partial charge >= 0.3 is 0 Å². The van der Waals surface area contributed by atoms with Crippen molar-refractivity contribution in [3.63, 3.8) is 0 Å². The summed E-state index contributed by atoms with van der Waals surface area (Å²) in [6, 6.07) is 0. The van der Waals surface area contributed by atoms with Gasteiger partial charge in [-0.05, 0) is 0 Å². The van der Waals surface area contributed by atoms with Crippen molar-refractivity contribution in [2.75, 3.05) is 11.9 Å². The molecule has 0 radical (unpaired) electrons. The maximum atomic E-state index is 11.3. The number of phosphoric ester groups is 1. The zero-order valence-electron chi connectivity index (χ0n) is 11.8. The highest BCUT2D eigenvalue weighted by atomic mass is 31.2. The predicted molar refractivity (Wildman–Crippen MR) is 69.9 cm³/mol. The minimum Gasteiger partial charge on any atom is -0.790 e. The van der Waals surface area contributed by atoms with E-state index in [9.17, 15) is 34.2 Å².